The van der Waals surface area contributed by atoms with Gasteiger partial charge in [0.25, 0.3) is 0 Å². The highest BCUT2D eigenvalue weighted by Crippen LogP contribution is 2.18. The highest BCUT2D eigenvalue weighted by Gasteiger charge is 2.07. The van der Waals surface area contributed by atoms with E-state index < -0.39 is 0 Å². The van der Waals surface area contributed by atoms with Crippen molar-refractivity contribution in [1.82, 2.24) is 5.32 Å². The molecule has 0 aliphatic rings. The van der Waals surface area contributed by atoms with Gasteiger partial charge in [0.2, 0.25) is 0 Å². The number of hydrogen-bond acceptors (Lipinski definition) is 2. The molecule has 0 saturated carbocycles. The third kappa shape index (κ3) is 4.08. The second kappa shape index (κ2) is 6.84. The van der Waals surface area contributed by atoms with E-state index in [4.69, 9.17) is 16.3 Å². The van der Waals surface area contributed by atoms with Crippen LogP contribution in [0.5, 0.6) is 0 Å². The fourth-order valence-electron chi connectivity index (χ4n) is 1.49. The Bertz CT molecular complexity index is 313. The summed E-state index contributed by atoms with van der Waals surface area (Å²) in [5.41, 5.74) is 0.522. The summed E-state index contributed by atoms with van der Waals surface area (Å²) in [5, 5.41) is 3.63. The Labute approximate surface area is 101 Å². The molecule has 0 aliphatic carbocycles. The van der Waals surface area contributed by atoms with Crippen molar-refractivity contribution in [3.05, 3.63) is 34.6 Å². The van der Waals surface area contributed by atoms with Crippen LogP contribution in [0.1, 0.15) is 12.5 Å². The standard InChI is InChI=1S/C12H17ClFNO/c1-9(8-16-2)6-15-7-10-11(13)4-3-5-12(10)14/h3-5,9,15H,6-8H2,1-2H3. The first-order valence-corrected chi connectivity index (χ1v) is 5.65. The fraction of sp³-hybridized carbons (Fsp3) is 0.500. The minimum atomic E-state index is -0.264. The lowest BCUT2D eigenvalue weighted by Crippen LogP contribution is -2.24. The molecule has 0 bridgehead atoms. The highest BCUT2D eigenvalue weighted by molar-refractivity contribution is 6.31. The van der Waals surface area contributed by atoms with Gasteiger partial charge in [-0.25, -0.2) is 4.39 Å². The van der Waals surface area contributed by atoms with Crippen LogP contribution in [0.3, 0.4) is 0 Å². The molecule has 1 aromatic rings. The Morgan fingerprint density at radius 2 is 2.25 bits per heavy atom. The first-order chi connectivity index (χ1) is 7.65. The summed E-state index contributed by atoms with van der Waals surface area (Å²) in [4.78, 5) is 0. The predicted molar refractivity (Wildman–Crippen MR) is 64.2 cm³/mol. The average Bonchev–Trinajstić information content (AvgIpc) is 2.23. The summed E-state index contributed by atoms with van der Waals surface area (Å²) in [5.74, 6) is 0.134. The van der Waals surface area contributed by atoms with Crippen LogP contribution in [0.15, 0.2) is 18.2 Å². The van der Waals surface area contributed by atoms with E-state index in [0.29, 0.717) is 29.7 Å². The quantitative estimate of drug-likeness (QED) is 0.832. The van der Waals surface area contributed by atoms with E-state index in [2.05, 4.69) is 12.2 Å². The average molecular weight is 246 g/mol. The van der Waals surface area contributed by atoms with Crippen LogP contribution in [0.4, 0.5) is 4.39 Å². The maximum atomic E-state index is 13.4. The summed E-state index contributed by atoms with van der Waals surface area (Å²) in [6.45, 7) is 3.98. The molecular formula is C12H17ClFNO. The largest absolute Gasteiger partial charge is 0.384 e. The van der Waals surface area contributed by atoms with Gasteiger partial charge in [0.1, 0.15) is 5.82 Å². The smallest absolute Gasteiger partial charge is 0.129 e. The second-order valence-corrected chi connectivity index (χ2v) is 4.30. The van der Waals surface area contributed by atoms with Crippen molar-refractivity contribution in [2.75, 3.05) is 20.3 Å². The van der Waals surface area contributed by atoms with Crippen molar-refractivity contribution in [3.8, 4) is 0 Å². The van der Waals surface area contributed by atoms with E-state index >= 15 is 0 Å². The number of nitrogens with one attached hydrogen (secondary N) is 1. The Kier molecular flexibility index (Phi) is 5.74. The molecule has 0 fully saturated rings. The first-order valence-electron chi connectivity index (χ1n) is 5.27. The Balaban J connectivity index is 2.43. The van der Waals surface area contributed by atoms with Gasteiger partial charge >= 0.3 is 0 Å². The summed E-state index contributed by atoms with van der Waals surface area (Å²) >= 11 is 5.90. The first kappa shape index (κ1) is 13.4. The minimum absolute atomic E-state index is 0.264. The Morgan fingerprint density at radius 3 is 2.88 bits per heavy atom. The molecule has 1 aromatic carbocycles. The van der Waals surface area contributed by atoms with Crippen LogP contribution < -0.4 is 5.32 Å². The van der Waals surface area contributed by atoms with E-state index in [0.717, 1.165) is 6.54 Å². The van der Waals surface area contributed by atoms with Gasteiger partial charge in [-0.2, -0.15) is 0 Å². The number of halogens is 2. The van der Waals surface area contributed by atoms with Crippen molar-refractivity contribution < 1.29 is 9.13 Å². The summed E-state index contributed by atoms with van der Waals surface area (Å²) in [6.07, 6.45) is 0. The monoisotopic (exact) mass is 245 g/mol. The van der Waals surface area contributed by atoms with Crippen LogP contribution >= 0.6 is 11.6 Å². The van der Waals surface area contributed by atoms with Gasteiger partial charge in [-0.05, 0) is 18.1 Å². The summed E-state index contributed by atoms with van der Waals surface area (Å²) < 4.78 is 18.4. The highest BCUT2D eigenvalue weighted by atomic mass is 35.5. The fourth-order valence-corrected chi connectivity index (χ4v) is 1.72. The van der Waals surface area contributed by atoms with Crippen molar-refractivity contribution in [2.45, 2.75) is 13.5 Å². The molecule has 1 atom stereocenters. The van der Waals surface area contributed by atoms with Gasteiger partial charge in [-0.3, -0.25) is 0 Å². The molecular weight excluding hydrogens is 229 g/mol. The van der Waals surface area contributed by atoms with E-state index in [-0.39, 0.29) is 5.82 Å². The number of benzene rings is 1. The van der Waals surface area contributed by atoms with E-state index in [1.165, 1.54) is 6.07 Å². The Morgan fingerprint density at radius 1 is 1.50 bits per heavy atom. The van der Waals surface area contributed by atoms with Crippen molar-refractivity contribution in [3.63, 3.8) is 0 Å². The lowest BCUT2D eigenvalue weighted by Gasteiger charge is -2.12. The van der Waals surface area contributed by atoms with E-state index in [1.54, 1.807) is 19.2 Å². The molecule has 0 saturated heterocycles. The normalized spacial score (nSPS) is 12.8. The molecule has 0 amide bonds. The van der Waals surface area contributed by atoms with Crippen LogP contribution in [0.25, 0.3) is 0 Å². The molecule has 1 rings (SSSR count). The molecule has 0 heterocycles. The van der Waals surface area contributed by atoms with Gasteiger partial charge in [-0.1, -0.05) is 24.6 Å². The van der Waals surface area contributed by atoms with Crippen molar-refractivity contribution in [1.29, 1.82) is 0 Å². The number of ether oxygens (including phenoxy) is 1. The molecule has 1 N–H and O–H groups in total. The maximum absolute atomic E-state index is 13.4. The zero-order valence-electron chi connectivity index (χ0n) is 9.59. The number of hydrogen-bond donors (Lipinski definition) is 1. The zero-order chi connectivity index (χ0) is 12.0. The summed E-state index contributed by atoms with van der Waals surface area (Å²) in [6, 6.07) is 4.72. The molecule has 1 unspecified atom stereocenters. The van der Waals surface area contributed by atoms with E-state index in [9.17, 15) is 4.39 Å². The van der Waals surface area contributed by atoms with Crippen LogP contribution in [-0.2, 0) is 11.3 Å². The summed E-state index contributed by atoms with van der Waals surface area (Å²) in [7, 11) is 1.67. The molecule has 0 radical (unpaired) electrons. The lowest BCUT2D eigenvalue weighted by atomic mass is 10.1. The third-order valence-electron chi connectivity index (χ3n) is 2.31. The molecule has 0 aliphatic heterocycles. The lowest BCUT2D eigenvalue weighted by molar-refractivity contribution is 0.158. The predicted octanol–water partition coefficient (Wildman–Crippen LogP) is 2.85. The molecule has 0 spiro atoms. The molecule has 2 nitrogen and oxygen atoms in total. The number of methoxy groups -OCH3 is 1. The van der Waals surface area contributed by atoms with Gasteiger partial charge in [0.05, 0.1) is 0 Å². The van der Waals surface area contributed by atoms with Crippen LogP contribution in [0.2, 0.25) is 5.02 Å². The molecule has 0 aromatic heterocycles. The molecule has 16 heavy (non-hydrogen) atoms. The number of rotatable bonds is 6. The topological polar surface area (TPSA) is 21.3 Å². The van der Waals surface area contributed by atoms with E-state index in [1.807, 2.05) is 0 Å². The van der Waals surface area contributed by atoms with Crippen molar-refractivity contribution >= 4 is 11.6 Å². The zero-order valence-corrected chi connectivity index (χ0v) is 10.4. The maximum Gasteiger partial charge on any atom is 0.129 e. The van der Waals surface area contributed by atoms with Crippen molar-refractivity contribution in [2.24, 2.45) is 5.92 Å². The van der Waals surface area contributed by atoms with Crippen LogP contribution in [-0.4, -0.2) is 20.3 Å². The Hall–Kier alpha value is -0.640. The molecule has 90 valence electrons. The van der Waals surface area contributed by atoms with Crippen LogP contribution in [0, 0.1) is 11.7 Å². The SMILES string of the molecule is COCC(C)CNCc1c(F)cccc1Cl. The second-order valence-electron chi connectivity index (χ2n) is 3.89. The van der Waals surface area contributed by atoms with Gasteiger partial charge in [-0.15, -0.1) is 0 Å². The van der Waals surface area contributed by atoms with Gasteiger partial charge in [0.15, 0.2) is 0 Å². The molecule has 4 heteroatoms. The third-order valence-corrected chi connectivity index (χ3v) is 2.66. The van der Waals surface area contributed by atoms with Gasteiger partial charge < -0.3 is 10.1 Å². The van der Waals surface area contributed by atoms with Gasteiger partial charge in [0, 0.05) is 37.4 Å². The minimum Gasteiger partial charge on any atom is -0.384 e.